The van der Waals surface area contributed by atoms with Crippen LogP contribution in [0.1, 0.15) is 32.4 Å². The van der Waals surface area contributed by atoms with Gasteiger partial charge in [0, 0.05) is 5.56 Å². The Kier molecular flexibility index (Phi) is 5.59. The molecule has 0 aliphatic carbocycles. The van der Waals surface area contributed by atoms with Crippen molar-refractivity contribution in [1.29, 1.82) is 0 Å². The Hall–Kier alpha value is -2.40. The van der Waals surface area contributed by atoms with Crippen molar-refractivity contribution < 1.29 is 13.6 Å². The van der Waals surface area contributed by atoms with Crippen LogP contribution in [0.4, 0.5) is 0 Å². The van der Waals surface area contributed by atoms with Gasteiger partial charge in [0.25, 0.3) is 8.32 Å². The van der Waals surface area contributed by atoms with Gasteiger partial charge in [-0.3, -0.25) is 0 Å². The van der Waals surface area contributed by atoms with Crippen LogP contribution in [0.25, 0.3) is 0 Å². The van der Waals surface area contributed by atoms with Crippen molar-refractivity contribution in [3.63, 3.8) is 0 Å². The number of rotatable bonds is 6. The van der Waals surface area contributed by atoms with E-state index in [2.05, 4.69) is 93.6 Å². The van der Waals surface area contributed by atoms with Crippen LogP contribution in [-0.4, -0.2) is 21.0 Å². The van der Waals surface area contributed by atoms with Gasteiger partial charge in [0.15, 0.2) is 0 Å². The van der Waals surface area contributed by atoms with E-state index in [0.717, 1.165) is 5.56 Å². The summed E-state index contributed by atoms with van der Waals surface area (Å²) in [5.41, 5.74) is 1.04. The summed E-state index contributed by atoms with van der Waals surface area (Å²) in [6.45, 7) is 7.40. The third-order valence-electron chi connectivity index (χ3n) is 5.57. The van der Waals surface area contributed by atoms with Gasteiger partial charge in [-0.25, -0.2) is 0 Å². The van der Waals surface area contributed by atoms with E-state index in [9.17, 15) is 0 Å². The molecule has 0 amide bonds. The van der Waals surface area contributed by atoms with Crippen LogP contribution in [0.15, 0.2) is 95.8 Å². The molecule has 29 heavy (non-hydrogen) atoms. The predicted molar refractivity (Wildman–Crippen MR) is 119 cm³/mol. The molecule has 2 heterocycles. The Morgan fingerprint density at radius 1 is 0.862 bits per heavy atom. The highest BCUT2D eigenvalue weighted by Gasteiger charge is 2.50. The first-order valence-electron chi connectivity index (χ1n) is 10.1. The molecule has 4 rings (SSSR count). The van der Waals surface area contributed by atoms with E-state index >= 15 is 0 Å². The van der Waals surface area contributed by atoms with Crippen LogP contribution in [0.5, 0.6) is 0 Å². The van der Waals surface area contributed by atoms with E-state index in [1.54, 1.807) is 12.5 Å². The molecule has 3 nitrogen and oxygen atoms in total. The van der Waals surface area contributed by atoms with Crippen molar-refractivity contribution in [2.24, 2.45) is 0 Å². The van der Waals surface area contributed by atoms with E-state index in [1.807, 2.05) is 6.07 Å². The van der Waals surface area contributed by atoms with Crippen LogP contribution >= 0.6 is 0 Å². The summed E-state index contributed by atoms with van der Waals surface area (Å²) in [5, 5.41) is 2.53. The third kappa shape index (κ3) is 3.88. The summed E-state index contributed by atoms with van der Waals surface area (Å²) in [7, 11) is -2.54. The molecule has 1 aliphatic heterocycles. The quantitative estimate of drug-likeness (QED) is 0.435. The van der Waals surface area contributed by atoms with Gasteiger partial charge in [0.05, 0.1) is 25.2 Å². The van der Waals surface area contributed by atoms with Crippen molar-refractivity contribution in [3.8, 4) is 0 Å². The average molecular weight is 405 g/mol. The van der Waals surface area contributed by atoms with Crippen LogP contribution in [0.2, 0.25) is 5.04 Å². The number of benzene rings is 2. The molecule has 0 saturated carbocycles. The zero-order valence-electron chi connectivity index (χ0n) is 17.2. The van der Waals surface area contributed by atoms with Gasteiger partial charge in [0.2, 0.25) is 0 Å². The molecule has 0 radical (unpaired) electrons. The molecule has 1 aliphatic rings. The summed E-state index contributed by atoms with van der Waals surface area (Å²) in [4.78, 5) is 0. The van der Waals surface area contributed by atoms with Gasteiger partial charge in [-0.15, -0.1) is 0 Å². The van der Waals surface area contributed by atoms with Crippen LogP contribution in [0, 0.1) is 0 Å². The smallest absolute Gasteiger partial charge is 0.261 e. The van der Waals surface area contributed by atoms with Gasteiger partial charge in [-0.2, -0.15) is 0 Å². The summed E-state index contributed by atoms with van der Waals surface area (Å²) in [5.74, 6) is 0. The van der Waals surface area contributed by atoms with Crippen molar-refractivity contribution in [3.05, 3.63) is 97.0 Å². The highest BCUT2D eigenvalue weighted by molar-refractivity contribution is 6.99. The summed E-state index contributed by atoms with van der Waals surface area (Å²) in [6.07, 6.45) is 7.47. The molecule has 2 atom stereocenters. The fourth-order valence-electron chi connectivity index (χ4n) is 4.19. The zero-order valence-corrected chi connectivity index (χ0v) is 18.2. The molecule has 150 valence electrons. The van der Waals surface area contributed by atoms with Crippen molar-refractivity contribution in [2.75, 3.05) is 6.61 Å². The van der Waals surface area contributed by atoms with Gasteiger partial charge in [0.1, 0.15) is 6.10 Å². The number of ether oxygens (including phenoxy) is 1. The number of hydrogen-bond acceptors (Lipinski definition) is 3. The summed E-state index contributed by atoms with van der Waals surface area (Å²) >= 11 is 0. The molecular formula is C25H28O3Si. The van der Waals surface area contributed by atoms with Gasteiger partial charge in [-0.05, 0) is 21.5 Å². The number of furan rings is 1. The fraction of sp³-hybridized carbons (Fsp3) is 0.280. The first-order valence-corrected chi connectivity index (χ1v) is 12.0. The second-order valence-corrected chi connectivity index (χ2v) is 12.8. The summed E-state index contributed by atoms with van der Waals surface area (Å²) in [6, 6.07) is 23.4. The highest BCUT2D eigenvalue weighted by Crippen LogP contribution is 2.37. The minimum absolute atomic E-state index is 0.0397. The Balaban J connectivity index is 1.64. The monoisotopic (exact) mass is 404 g/mol. The topological polar surface area (TPSA) is 31.6 Å². The maximum absolute atomic E-state index is 6.96. The van der Waals surface area contributed by atoms with E-state index < -0.39 is 8.32 Å². The van der Waals surface area contributed by atoms with Gasteiger partial charge >= 0.3 is 0 Å². The second kappa shape index (κ2) is 8.15. The van der Waals surface area contributed by atoms with E-state index in [4.69, 9.17) is 13.6 Å². The lowest BCUT2D eigenvalue weighted by Gasteiger charge is -2.43. The lowest BCUT2D eigenvalue weighted by molar-refractivity contribution is 0.0290. The molecular weight excluding hydrogens is 376 g/mol. The Morgan fingerprint density at radius 2 is 1.48 bits per heavy atom. The lowest BCUT2D eigenvalue weighted by Crippen LogP contribution is -2.67. The third-order valence-corrected chi connectivity index (χ3v) is 10.6. The molecule has 0 N–H and O–H groups in total. The van der Waals surface area contributed by atoms with Gasteiger partial charge in [-0.1, -0.05) is 93.6 Å². The van der Waals surface area contributed by atoms with Gasteiger partial charge < -0.3 is 13.6 Å². The van der Waals surface area contributed by atoms with Crippen molar-refractivity contribution in [1.82, 2.24) is 0 Å². The molecule has 0 spiro atoms. The Morgan fingerprint density at radius 3 is 2.00 bits per heavy atom. The second-order valence-electron chi connectivity index (χ2n) is 8.51. The maximum Gasteiger partial charge on any atom is 0.261 e. The molecule has 3 aromatic rings. The van der Waals surface area contributed by atoms with E-state index in [1.165, 1.54) is 10.4 Å². The van der Waals surface area contributed by atoms with Crippen LogP contribution < -0.4 is 10.4 Å². The molecule has 0 unspecified atom stereocenters. The van der Waals surface area contributed by atoms with Crippen molar-refractivity contribution in [2.45, 2.75) is 38.0 Å². The van der Waals surface area contributed by atoms with Crippen LogP contribution in [-0.2, 0) is 9.16 Å². The maximum atomic E-state index is 6.96. The molecule has 0 saturated heterocycles. The molecule has 4 heteroatoms. The highest BCUT2D eigenvalue weighted by atomic mass is 28.4. The molecule has 0 fully saturated rings. The lowest BCUT2D eigenvalue weighted by atomic mass is 10.2. The van der Waals surface area contributed by atoms with E-state index in [-0.39, 0.29) is 17.2 Å². The predicted octanol–water partition coefficient (Wildman–Crippen LogP) is 4.85. The Bertz CT molecular complexity index is 888. The Labute approximate surface area is 174 Å². The first kappa shape index (κ1) is 19.9. The van der Waals surface area contributed by atoms with Crippen LogP contribution in [0.3, 0.4) is 0 Å². The standard InChI is InChI=1S/C25H28O3Si/c1-25(2,3)29(22-10-6-4-7-11-22,23-12-8-5-9-13-23)27-19-21-14-15-24(28-21)20-16-17-26-18-20/h4-18,21,24H,19H2,1-3H3/t21-,24+/m1/s1. The summed E-state index contributed by atoms with van der Waals surface area (Å²) < 4.78 is 18.4. The van der Waals surface area contributed by atoms with Crippen molar-refractivity contribution >= 4 is 18.7 Å². The minimum atomic E-state index is -2.54. The largest absolute Gasteiger partial charge is 0.472 e. The normalized spacial score (nSPS) is 19.6. The minimum Gasteiger partial charge on any atom is -0.472 e. The average Bonchev–Trinajstić information content (AvgIpc) is 3.41. The number of hydrogen-bond donors (Lipinski definition) is 0. The molecule has 2 aromatic carbocycles. The molecule has 0 bridgehead atoms. The SMILES string of the molecule is CC(C)(C)[Si](OC[C@H]1C=C[C@@H](c2ccoc2)O1)(c1ccccc1)c1ccccc1. The molecule has 1 aromatic heterocycles. The fourth-order valence-corrected chi connectivity index (χ4v) is 8.76. The zero-order chi connectivity index (χ0) is 20.3. The van der Waals surface area contributed by atoms with E-state index in [0.29, 0.717) is 6.61 Å². The first-order chi connectivity index (χ1) is 14.0.